The average molecular weight is 310 g/mol. The summed E-state index contributed by atoms with van der Waals surface area (Å²) in [7, 11) is -3.23. The van der Waals surface area contributed by atoms with Gasteiger partial charge in [-0.15, -0.1) is 0 Å². The third kappa shape index (κ3) is 4.43. The lowest BCUT2D eigenvalue weighted by atomic mass is 9.63. The monoisotopic (exact) mass is 310 g/mol. The zero-order valence-corrected chi connectivity index (χ0v) is 14.4. The summed E-state index contributed by atoms with van der Waals surface area (Å²) in [5.41, 5.74) is 1.53. The molecule has 0 amide bonds. The summed E-state index contributed by atoms with van der Waals surface area (Å²) >= 11 is 0. The summed E-state index contributed by atoms with van der Waals surface area (Å²) in [6, 6.07) is 3.77. The quantitative estimate of drug-likeness (QED) is 0.928. The number of nitrogens with one attached hydrogen (secondary N) is 1. The second-order valence-electron chi connectivity index (χ2n) is 7.91. The molecule has 1 aliphatic carbocycles. The van der Waals surface area contributed by atoms with Crippen LogP contribution in [0.4, 0.5) is 5.69 Å². The summed E-state index contributed by atoms with van der Waals surface area (Å²) in [6.07, 6.45) is 6.25. The first-order valence-electron chi connectivity index (χ1n) is 7.40. The summed E-state index contributed by atoms with van der Waals surface area (Å²) < 4.78 is 22.8. The van der Waals surface area contributed by atoms with Gasteiger partial charge in [-0.05, 0) is 42.2 Å². The van der Waals surface area contributed by atoms with Crippen LogP contribution in [0.5, 0.6) is 0 Å². The van der Waals surface area contributed by atoms with E-state index in [2.05, 4.69) is 38.0 Å². The van der Waals surface area contributed by atoms with Gasteiger partial charge in [0.1, 0.15) is 0 Å². The summed E-state index contributed by atoms with van der Waals surface area (Å²) in [5.74, 6) is 0. The Morgan fingerprint density at radius 1 is 1.14 bits per heavy atom. The Bertz CT molecular complexity index is 588. The fraction of sp³-hybridized carbons (Fsp3) is 0.688. The van der Waals surface area contributed by atoms with Gasteiger partial charge in [0, 0.05) is 12.3 Å². The molecule has 0 aromatic carbocycles. The van der Waals surface area contributed by atoms with Crippen molar-refractivity contribution in [3.63, 3.8) is 0 Å². The molecule has 0 bridgehead atoms. The third-order valence-corrected chi connectivity index (χ3v) is 5.04. The molecule has 0 unspecified atom stereocenters. The molecule has 0 saturated heterocycles. The van der Waals surface area contributed by atoms with E-state index in [1.807, 2.05) is 0 Å². The Morgan fingerprint density at radius 2 is 1.71 bits per heavy atom. The lowest BCUT2D eigenvalue weighted by Crippen LogP contribution is -2.40. The normalized spacial score (nSPS) is 22.0. The van der Waals surface area contributed by atoms with Crippen molar-refractivity contribution in [2.75, 3.05) is 11.6 Å². The Labute approximate surface area is 128 Å². The van der Waals surface area contributed by atoms with Crippen LogP contribution in [0.15, 0.2) is 23.4 Å². The first-order chi connectivity index (χ1) is 9.47. The van der Waals surface area contributed by atoms with Crippen molar-refractivity contribution in [2.24, 2.45) is 10.8 Å². The molecule has 2 rings (SSSR count). The second kappa shape index (κ2) is 5.27. The first kappa shape index (κ1) is 16.3. The van der Waals surface area contributed by atoms with Crippen molar-refractivity contribution in [3.8, 4) is 0 Å². The highest BCUT2D eigenvalue weighted by Gasteiger charge is 2.38. The highest BCUT2D eigenvalue weighted by atomic mass is 32.2. The number of rotatable bonds is 3. The van der Waals surface area contributed by atoms with Crippen LogP contribution in [0.3, 0.4) is 0 Å². The Balaban J connectivity index is 2.11. The van der Waals surface area contributed by atoms with Gasteiger partial charge in [0.05, 0.1) is 11.9 Å². The number of pyridine rings is 1. The van der Waals surface area contributed by atoms with Crippen LogP contribution >= 0.6 is 0 Å². The van der Waals surface area contributed by atoms with Crippen molar-refractivity contribution in [1.29, 1.82) is 0 Å². The maximum absolute atomic E-state index is 11.4. The minimum absolute atomic E-state index is 0.123. The van der Waals surface area contributed by atoms with Crippen molar-refractivity contribution >= 4 is 15.5 Å². The van der Waals surface area contributed by atoms with Gasteiger partial charge in [0.25, 0.3) is 0 Å². The van der Waals surface area contributed by atoms with Gasteiger partial charge in [-0.25, -0.2) is 13.4 Å². The van der Waals surface area contributed by atoms with Gasteiger partial charge >= 0.3 is 0 Å². The number of anilines is 1. The van der Waals surface area contributed by atoms with E-state index in [-0.39, 0.29) is 5.03 Å². The maximum Gasteiger partial charge on any atom is 0.192 e. The minimum atomic E-state index is -3.23. The Morgan fingerprint density at radius 3 is 2.14 bits per heavy atom. The molecule has 4 nitrogen and oxygen atoms in total. The van der Waals surface area contributed by atoms with Crippen molar-refractivity contribution in [3.05, 3.63) is 18.3 Å². The van der Waals surface area contributed by atoms with Gasteiger partial charge in [-0.3, -0.25) is 0 Å². The summed E-state index contributed by atoms with van der Waals surface area (Å²) in [5, 5.41) is 3.64. The molecule has 1 aromatic heterocycles. The molecule has 21 heavy (non-hydrogen) atoms. The highest BCUT2D eigenvalue weighted by Crippen LogP contribution is 2.46. The first-order valence-corrected chi connectivity index (χ1v) is 9.29. The molecule has 118 valence electrons. The maximum atomic E-state index is 11.4. The van der Waals surface area contributed by atoms with E-state index in [1.54, 1.807) is 18.3 Å². The summed E-state index contributed by atoms with van der Waals surface area (Å²) in [6.45, 7) is 9.25. The predicted molar refractivity (Wildman–Crippen MR) is 86.2 cm³/mol. The molecule has 1 N–H and O–H groups in total. The standard InChI is InChI=1S/C16H26N2O2S/c1-15(2)8-13(9-16(3,4)11-15)18-12-6-7-14(17-10-12)21(5,19)20/h6-7,10,13,18H,8-9,11H2,1-5H3. The third-order valence-electron chi connectivity index (χ3n) is 4.04. The molecular weight excluding hydrogens is 284 g/mol. The molecule has 1 heterocycles. The van der Waals surface area contributed by atoms with E-state index >= 15 is 0 Å². The molecule has 0 radical (unpaired) electrons. The second-order valence-corrected chi connectivity index (χ2v) is 9.87. The molecular formula is C16H26N2O2S. The SMILES string of the molecule is CC1(C)CC(Nc2ccc(S(C)(=O)=O)nc2)CC(C)(C)C1. The van der Waals surface area contributed by atoms with E-state index in [0.717, 1.165) is 18.5 Å². The average Bonchev–Trinajstić information content (AvgIpc) is 2.23. The fourth-order valence-electron chi connectivity index (χ4n) is 3.87. The molecule has 1 fully saturated rings. The van der Waals surface area contributed by atoms with Gasteiger partial charge in [-0.2, -0.15) is 0 Å². The van der Waals surface area contributed by atoms with Crippen molar-refractivity contribution in [1.82, 2.24) is 4.98 Å². The number of hydrogen-bond donors (Lipinski definition) is 1. The van der Waals surface area contributed by atoms with Crippen LogP contribution in [-0.2, 0) is 9.84 Å². The zero-order chi connectivity index (χ0) is 15.9. The van der Waals surface area contributed by atoms with Crippen LogP contribution in [0.1, 0.15) is 47.0 Å². The molecule has 0 atom stereocenters. The molecule has 1 saturated carbocycles. The Kier molecular flexibility index (Phi) is 4.08. The van der Waals surface area contributed by atoms with Crippen molar-refractivity contribution in [2.45, 2.75) is 58.0 Å². The number of sulfone groups is 1. The van der Waals surface area contributed by atoms with Crippen LogP contribution in [0, 0.1) is 10.8 Å². The minimum Gasteiger partial charge on any atom is -0.381 e. The lowest BCUT2D eigenvalue weighted by Gasteiger charge is -2.45. The van der Waals surface area contributed by atoms with Crippen LogP contribution in [-0.4, -0.2) is 25.7 Å². The molecule has 5 heteroatoms. The molecule has 1 aromatic rings. The van der Waals surface area contributed by atoms with E-state index in [9.17, 15) is 8.42 Å². The van der Waals surface area contributed by atoms with Crippen LogP contribution < -0.4 is 5.32 Å². The fourth-order valence-corrected chi connectivity index (χ4v) is 4.43. The van der Waals surface area contributed by atoms with Gasteiger partial charge in [0.2, 0.25) is 0 Å². The van der Waals surface area contributed by atoms with E-state index in [0.29, 0.717) is 16.9 Å². The molecule has 0 aliphatic heterocycles. The number of hydrogen-bond acceptors (Lipinski definition) is 4. The topological polar surface area (TPSA) is 59.1 Å². The number of nitrogens with zero attached hydrogens (tertiary/aromatic N) is 1. The highest BCUT2D eigenvalue weighted by molar-refractivity contribution is 7.90. The molecule has 1 aliphatic rings. The van der Waals surface area contributed by atoms with Crippen LogP contribution in [0.2, 0.25) is 0 Å². The zero-order valence-electron chi connectivity index (χ0n) is 13.6. The summed E-state index contributed by atoms with van der Waals surface area (Å²) in [4.78, 5) is 4.04. The van der Waals surface area contributed by atoms with Gasteiger partial charge in [-0.1, -0.05) is 27.7 Å². The van der Waals surface area contributed by atoms with E-state index < -0.39 is 9.84 Å². The smallest absolute Gasteiger partial charge is 0.192 e. The number of aromatic nitrogens is 1. The van der Waals surface area contributed by atoms with E-state index in [4.69, 9.17) is 0 Å². The van der Waals surface area contributed by atoms with Gasteiger partial charge < -0.3 is 5.32 Å². The van der Waals surface area contributed by atoms with Gasteiger partial charge in [0.15, 0.2) is 14.9 Å². The molecule has 0 spiro atoms. The van der Waals surface area contributed by atoms with Crippen molar-refractivity contribution < 1.29 is 8.42 Å². The predicted octanol–water partition coefficient (Wildman–Crippen LogP) is 3.50. The van der Waals surface area contributed by atoms with E-state index in [1.165, 1.54) is 12.7 Å². The Hall–Kier alpha value is -1.10. The largest absolute Gasteiger partial charge is 0.381 e. The lowest BCUT2D eigenvalue weighted by molar-refractivity contribution is 0.105. The van der Waals surface area contributed by atoms with Crippen LogP contribution in [0.25, 0.3) is 0 Å².